The molecule has 150 heavy (non-hydrogen) atoms. The minimum absolute atomic E-state index is 0.0288. The Morgan fingerprint density at radius 3 is 1.15 bits per heavy atom. The number of para-hydroxylation sites is 2. The number of rotatable bonds is 9. The number of guanidine groups is 6. The van der Waals surface area contributed by atoms with E-state index >= 15 is 0 Å². The van der Waals surface area contributed by atoms with Gasteiger partial charge in [0.25, 0.3) is 0 Å². The number of halogens is 23. The van der Waals surface area contributed by atoms with Crippen molar-refractivity contribution in [1.29, 1.82) is 0 Å². The molecule has 0 fully saturated rings. The summed E-state index contributed by atoms with van der Waals surface area (Å²) in [6.07, 6.45) is -10.5. The molecular weight excluding hydrogens is 2420 g/mol. The summed E-state index contributed by atoms with van der Waals surface area (Å²) in [5.74, 6) is 2.11. The third-order valence-electron chi connectivity index (χ3n) is 23.5. The molecule has 12 aromatic carbocycles. The zero-order valence-electron chi connectivity index (χ0n) is 79.1. The van der Waals surface area contributed by atoms with Gasteiger partial charge in [-0.3, -0.25) is 8.42 Å². The Labute approximate surface area is 925 Å². The third-order valence-corrected chi connectivity index (χ3v) is 31.9. The molecule has 18 rings (SSSR count). The summed E-state index contributed by atoms with van der Waals surface area (Å²) >= 11 is 42.7. The molecule has 2 atom stereocenters. The average molecular weight is 2510 g/mol. The van der Waals surface area contributed by atoms with Gasteiger partial charge in [0.1, 0.15) is 0 Å². The van der Waals surface area contributed by atoms with Crippen LogP contribution in [0.3, 0.4) is 0 Å². The molecular formula is C102H91Br4Cl4F15N18O2S5. The molecule has 48 heteroatoms. The van der Waals surface area contributed by atoms with Crippen LogP contribution in [0.1, 0.15) is 75.8 Å². The smallest absolute Gasteiger partial charge is 0.369 e. The second kappa shape index (κ2) is 51.1. The van der Waals surface area contributed by atoms with Gasteiger partial charge in [0.05, 0.1) is 109 Å². The quantitative estimate of drug-likeness (QED) is 0.0339. The zero-order valence-corrected chi connectivity index (χ0v) is 92.6. The van der Waals surface area contributed by atoms with Crippen LogP contribution in [0.15, 0.2) is 303 Å². The number of aryl methyl sites for hydroxylation is 4. The highest BCUT2D eigenvalue weighted by molar-refractivity contribution is 9.11. The lowest BCUT2D eigenvalue weighted by Gasteiger charge is -2.31. The van der Waals surface area contributed by atoms with Crippen LogP contribution in [0.25, 0.3) is 0 Å². The Kier molecular flexibility index (Phi) is 39.8. The van der Waals surface area contributed by atoms with Crippen LogP contribution >= 0.6 is 145 Å². The largest absolute Gasteiger partial charge is 0.416 e. The van der Waals surface area contributed by atoms with E-state index in [1.807, 2.05) is 79.2 Å². The fourth-order valence-electron chi connectivity index (χ4n) is 16.1. The van der Waals surface area contributed by atoms with Crippen molar-refractivity contribution < 1.29 is 74.3 Å². The topological polar surface area (TPSA) is 284 Å². The molecule has 6 aliphatic rings. The Bertz CT molecular complexity index is 7220. The van der Waals surface area contributed by atoms with Crippen LogP contribution < -0.4 is 63.8 Å². The maximum absolute atomic E-state index is 13.1. The van der Waals surface area contributed by atoms with Crippen molar-refractivity contribution in [2.45, 2.75) is 107 Å². The van der Waals surface area contributed by atoms with Crippen molar-refractivity contribution in [3.63, 3.8) is 0 Å². The molecule has 0 amide bonds. The van der Waals surface area contributed by atoms with Gasteiger partial charge in [-0.25, -0.2) is 30.0 Å². The second-order valence-electron chi connectivity index (χ2n) is 33.4. The summed E-state index contributed by atoms with van der Waals surface area (Å²) in [4.78, 5) is 40.1. The number of anilines is 6. The molecule has 0 bridgehead atoms. The number of hydrogen-bond donors (Lipinski definition) is 6. The number of aliphatic imine (C=N–C) groups is 6. The molecule has 0 saturated heterocycles. The Hall–Kier alpha value is -10.4. The standard InChI is InChI=1S/C18H17ClF3N3OS.2C18H17ClF3N3S.C16H12Br2F3N3OS.C16H12Br2F3N3S.C16H16ClN3/c1-27(26)13-5-6-14(19)15(10-13)24-17(23)25-8-2-3-11-9-12(18(20,21)22)4-7-16(11)25;1-26-13-5-6-14(19)15(10-13)24-17(23)25-8-2-3-11-9-12(18(20,21)22)4-7-16(11)25;1-26-13-6-7-14(19)15(10-13)24-17(23)25-8-2-3-11-4-5-12(9-16(11)25)18(20,21)22;17-10-2-3-11(18)12(8-10)23-15(22)24-5-6-26(25)14-4-1-9(7-13(14)24)16(19,20)21;17-10-2-3-11(18)12(8-10)23-15(22)24-5-6-25-14-4-1-9(7-13(14)24)16(19,20)21;17-13-8-2-3-9-14(13)19-16(18)20-11-5-7-12-6-1-4-10-15(12)20/h4-7,9-10H,2-3,8H2,1H3,(H2,23,24);2*4-7,9-10H,2-3,8H2,1H3,(H2,23,24);1-4,7-8H,5-6H2,(H2,22,23);1-4,7-8H,5-6H2,(H2,22,23);1-4,6,8-10H,5,7,11H2,(H2,18,19). The molecule has 12 N–H and O–H groups in total. The lowest BCUT2D eigenvalue weighted by Crippen LogP contribution is -2.43. The molecule has 0 aromatic heterocycles. The van der Waals surface area contributed by atoms with E-state index in [0.717, 1.165) is 120 Å². The minimum atomic E-state index is -4.50. The maximum atomic E-state index is 13.1. The van der Waals surface area contributed by atoms with E-state index in [1.165, 1.54) is 58.6 Å². The Morgan fingerprint density at radius 1 is 0.347 bits per heavy atom. The highest BCUT2D eigenvalue weighted by atomic mass is 79.9. The third kappa shape index (κ3) is 30.4. The molecule has 792 valence electrons. The van der Waals surface area contributed by atoms with Gasteiger partial charge in [-0.15, -0.1) is 35.3 Å². The average Bonchev–Trinajstić information content (AvgIpc) is 0.771. The Morgan fingerprint density at radius 2 is 0.693 bits per heavy atom. The van der Waals surface area contributed by atoms with Gasteiger partial charge in [0, 0.05) is 128 Å². The molecule has 20 nitrogen and oxygen atoms in total. The van der Waals surface area contributed by atoms with Crippen molar-refractivity contribution >= 4 is 271 Å². The number of nitrogens with zero attached hydrogens (tertiary/aromatic N) is 12. The van der Waals surface area contributed by atoms with Crippen LogP contribution in [-0.2, 0) is 78.2 Å². The first-order valence-electron chi connectivity index (χ1n) is 45.2. The van der Waals surface area contributed by atoms with Crippen molar-refractivity contribution in [3.05, 3.63) is 319 Å². The first kappa shape index (κ1) is 117. The normalized spacial score (nSPS) is 15.8. The van der Waals surface area contributed by atoms with E-state index in [4.69, 9.17) is 80.8 Å². The van der Waals surface area contributed by atoms with Crippen molar-refractivity contribution in [2.24, 2.45) is 64.4 Å². The van der Waals surface area contributed by atoms with Crippen molar-refractivity contribution in [2.75, 3.05) is 98.9 Å². The van der Waals surface area contributed by atoms with Gasteiger partial charge in [-0.05, 0) is 312 Å². The lowest BCUT2D eigenvalue weighted by atomic mass is 9.99. The first-order valence-corrected chi connectivity index (χ1v) is 56.2. The fourth-order valence-corrected chi connectivity index (χ4v) is 21.7. The van der Waals surface area contributed by atoms with Gasteiger partial charge < -0.3 is 63.8 Å². The number of alkyl halides is 15. The predicted molar refractivity (Wildman–Crippen MR) is 596 cm³/mol. The number of hydrogen-bond acceptors (Lipinski definition) is 11. The highest BCUT2D eigenvalue weighted by Crippen LogP contribution is 2.47. The fraction of sp³-hybridized carbons (Fsp3) is 0.235. The van der Waals surface area contributed by atoms with Crippen LogP contribution in [0.4, 0.5) is 134 Å². The SMILES string of the molecule is CS(=O)c1ccc(Cl)c(N=C(N)N2CCCc3cc(C(F)(F)F)ccc32)c1.CSc1ccc(Cl)c(N=C(N)N2CCCc3cc(C(F)(F)F)ccc32)c1.CSc1ccc(Cl)c(N=C(N)N2CCCc3ccc(C(F)(F)F)cc32)c1.NC(=Nc1cc(Br)ccc1Br)N1CCS(=O)c2ccc(C(F)(F)F)cc21.NC(=Nc1cc(Br)ccc1Br)N1CCSc2ccc(C(F)(F)F)cc21.NC(=Nc1ccccc1Cl)N1CCCc2ccccc21. The predicted octanol–water partition coefficient (Wildman–Crippen LogP) is 29.8. The van der Waals surface area contributed by atoms with Crippen LogP contribution in [0.5, 0.6) is 0 Å². The molecule has 0 aliphatic carbocycles. The summed E-state index contributed by atoms with van der Waals surface area (Å²) in [7, 11) is -2.58. The number of thioether (sulfide) groups is 3. The first-order chi connectivity index (χ1) is 70.9. The monoisotopic (exact) mass is 2500 g/mol. The van der Waals surface area contributed by atoms with E-state index in [1.54, 1.807) is 104 Å². The summed E-state index contributed by atoms with van der Waals surface area (Å²) in [6.45, 7) is 3.21. The van der Waals surface area contributed by atoms with E-state index in [2.05, 4.69) is 117 Å². The number of benzene rings is 12. The molecule has 6 heterocycles. The number of nitrogens with two attached hydrogens (primary N) is 6. The van der Waals surface area contributed by atoms with Crippen LogP contribution in [-0.4, -0.2) is 114 Å². The number of fused-ring (bicyclic) bond motifs is 6. The van der Waals surface area contributed by atoms with Gasteiger partial charge in [-0.1, -0.05) is 115 Å². The van der Waals surface area contributed by atoms with E-state index in [-0.39, 0.29) is 47.8 Å². The second-order valence-corrected chi connectivity index (χ2v) is 44.4. The van der Waals surface area contributed by atoms with E-state index in [9.17, 15) is 74.3 Å². The summed E-state index contributed by atoms with van der Waals surface area (Å²) < 4.78 is 222. The highest BCUT2D eigenvalue weighted by Gasteiger charge is 2.39. The van der Waals surface area contributed by atoms with Gasteiger partial charge >= 0.3 is 30.9 Å². The van der Waals surface area contributed by atoms with E-state index < -0.39 is 80.3 Å². The van der Waals surface area contributed by atoms with E-state index in [0.29, 0.717) is 172 Å². The van der Waals surface area contributed by atoms with Gasteiger partial charge in [-0.2, -0.15) is 65.9 Å². The van der Waals surface area contributed by atoms with Crippen LogP contribution in [0.2, 0.25) is 20.1 Å². The van der Waals surface area contributed by atoms with Gasteiger partial charge in [0.15, 0.2) is 0 Å². The molecule has 12 aromatic rings. The Balaban J connectivity index is 0.000000150. The molecule has 0 spiro atoms. The van der Waals surface area contributed by atoms with Gasteiger partial charge in [0.2, 0.25) is 35.8 Å². The van der Waals surface area contributed by atoms with Crippen molar-refractivity contribution in [3.8, 4) is 0 Å². The summed E-state index contributed by atoms with van der Waals surface area (Å²) in [5, 5.41) is 1.86. The lowest BCUT2D eigenvalue weighted by molar-refractivity contribution is -0.138. The zero-order chi connectivity index (χ0) is 109. The minimum Gasteiger partial charge on any atom is -0.369 e. The summed E-state index contributed by atoms with van der Waals surface area (Å²) in [6, 6.07) is 60.2. The van der Waals surface area contributed by atoms with Crippen LogP contribution in [0, 0.1) is 0 Å². The summed E-state index contributed by atoms with van der Waals surface area (Å²) in [5.41, 5.74) is 43.3. The van der Waals surface area contributed by atoms with Crippen molar-refractivity contribution in [1.82, 2.24) is 0 Å². The molecule has 2 unspecified atom stereocenters. The maximum Gasteiger partial charge on any atom is 0.416 e. The molecule has 0 saturated carbocycles. The molecule has 6 aliphatic heterocycles. The molecule has 0 radical (unpaired) electrons.